The van der Waals surface area contributed by atoms with Crippen LogP contribution >= 0.6 is 27.5 Å². The molecule has 0 amide bonds. The van der Waals surface area contributed by atoms with Crippen LogP contribution in [0.25, 0.3) is 0 Å². The monoisotopic (exact) mass is 303 g/mol. The Balaban J connectivity index is 2.44. The Bertz CT molecular complexity index is 501. The molecule has 0 bridgehead atoms. The third-order valence-corrected chi connectivity index (χ3v) is 3.47. The van der Waals surface area contributed by atoms with E-state index in [1.807, 2.05) is 0 Å². The SMILES string of the molecule is NC(c1ccoc1)c1cc(Cl)c(Br)cc1F. The van der Waals surface area contributed by atoms with Crippen molar-refractivity contribution in [3.63, 3.8) is 0 Å². The third kappa shape index (κ3) is 2.14. The largest absolute Gasteiger partial charge is 0.472 e. The lowest BCUT2D eigenvalue weighted by Gasteiger charge is -2.12. The Morgan fingerprint density at radius 3 is 2.81 bits per heavy atom. The molecule has 1 aromatic heterocycles. The highest BCUT2D eigenvalue weighted by Crippen LogP contribution is 2.30. The molecule has 0 radical (unpaired) electrons. The van der Waals surface area contributed by atoms with E-state index in [4.69, 9.17) is 21.8 Å². The average Bonchev–Trinajstić information content (AvgIpc) is 2.75. The lowest BCUT2D eigenvalue weighted by Crippen LogP contribution is -2.12. The van der Waals surface area contributed by atoms with Crippen LogP contribution in [-0.4, -0.2) is 0 Å². The molecule has 1 unspecified atom stereocenters. The van der Waals surface area contributed by atoms with Gasteiger partial charge in [0.15, 0.2) is 0 Å². The molecule has 5 heteroatoms. The van der Waals surface area contributed by atoms with Crippen molar-refractivity contribution >= 4 is 27.5 Å². The molecule has 2 nitrogen and oxygen atoms in total. The molecule has 0 spiro atoms. The fourth-order valence-electron chi connectivity index (χ4n) is 1.41. The maximum Gasteiger partial charge on any atom is 0.129 e. The molecule has 2 aromatic rings. The molecule has 1 heterocycles. The van der Waals surface area contributed by atoms with Gasteiger partial charge in [0.05, 0.1) is 23.6 Å². The van der Waals surface area contributed by atoms with Gasteiger partial charge in [-0.05, 0) is 34.1 Å². The van der Waals surface area contributed by atoms with Crippen LogP contribution in [0.2, 0.25) is 5.02 Å². The summed E-state index contributed by atoms with van der Waals surface area (Å²) in [6, 6.07) is 3.93. The van der Waals surface area contributed by atoms with Gasteiger partial charge < -0.3 is 10.2 Å². The van der Waals surface area contributed by atoms with Crippen LogP contribution in [-0.2, 0) is 0 Å². The lowest BCUT2D eigenvalue weighted by atomic mass is 10.0. The molecule has 2 N–H and O–H groups in total. The highest BCUT2D eigenvalue weighted by atomic mass is 79.9. The zero-order chi connectivity index (χ0) is 11.7. The topological polar surface area (TPSA) is 39.2 Å². The molecule has 0 saturated heterocycles. The van der Waals surface area contributed by atoms with E-state index in [0.717, 1.165) is 0 Å². The first-order chi connectivity index (χ1) is 7.59. The fourth-order valence-corrected chi connectivity index (χ4v) is 1.90. The highest BCUT2D eigenvalue weighted by Gasteiger charge is 2.16. The number of halogens is 3. The minimum absolute atomic E-state index is 0.342. The Hall–Kier alpha value is -0.840. The molecule has 1 atom stereocenters. The molecule has 0 aliphatic heterocycles. The Kier molecular flexibility index (Phi) is 3.33. The summed E-state index contributed by atoms with van der Waals surface area (Å²) < 4.78 is 19.1. The highest BCUT2D eigenvalue weighted by molar-refractivity contribution is 9.10. The van der Waals surface area contributed by atoms with Crippen molar-refractivity contribution in [2.75, 3.05) is 0 Å². The van der Waals surface area contributed by atoms with Gasteiger partial charge in [-0.25, -0.2) is 4.39 Å². The first kappa shape index (κ1) is 11.6. The summed E-state index contributed by atoms with van der Waals surface area (Å²) >= 11 is 9.05. The Morgan fingerprint density at radius 1 is 1.44 bits per heavy atom. The fraction of sp³-hybridized carbons (Fsp3) is 0.0909. The van der Waals surface area contributed by atoms with E-state index in [1.165, 1.54) is 24.7 Å². The van der Waals surface area contributed by atoms with Gasteiger partial charge in [0.25, 0.3) is 0 Å². The van der Waals surface area contributed by atoms with Crippen LogP contribution in [0.1, 0.15) is 17.2 Å². The van der Waals surface area contributed by atoms with E-state index < -0.39 is 11.9 Å². The number of benzene rings is 1. The number of rotatable bonds is 2. The molecule has 0 aliphatic rings. The smallest absolute Gasteiger partial charge is 0.129 e. The van der Waals surface area contributed by atoms with Crippen LogP contribution in [0.5, 0.6) is 0 Å². The summed E-state index contributed by atoms with van der Waals surface area (Å²) in [5.74, 6) is -0.398. The molecule has 16 heavy (non-hydrogen) atoms. The van der Waals surface area contributed by atoms with Crippen LogP contribution < -0.4 is 5.73 Å². The quantitative estimate of drug-likeness (QED) is 0.855. The second-order valence-electron chi connectivity index (χ2n) is 3.32. The molecular weight excluding hydrogens is 296 g/mol. The molecule has 2 rings (SSSR count). The summed E-state index contributed by atoms with van der Waals surface area (Å²) in [5, 5.41) is 0.426. The first-order valence-corrected chi connectivity index (χ1v) is 5.69. The van der Waals surface area contributed by atoms with Gasteiger partial charge in [0, 0.05) is 15.6 Å². The normalized spacial score (nSPS) is 12.8. The van der Waals surface area contributed by atoms with E-state index in [1.54, 1.807) is 6.07 Å². The second kappa shape index (κ2) is 4.57. The van der Waals surface area contributed by atoms with Gasteiger partial charge >= 0.3 is 0 Å². The van der Waals surface area contributed by atoms with Gasteiger partial charge in [-0.3, -0.25) is 0 Å². The van der Waals surface area contributed by atoms with Crippen LogP contribution in [0.3, 0.4) is 0 Å². The Morgan fingerprint density at radius 2 is 2.19 bits per heavy atom. The summed E-state index contributed by atoms with van der Waals surface area (Å²) in [6.07, 6.45) is 2.98. The van der Waals surface area contributed by atoms with Gasteiger partial charge in [-0.2, -0.15) is 0 Å². The number of nitrogens with two attached hydrogens (primary N) is 1. The molecule has 1 aromatic carbocycles. The van der Waals surface area contributed by atoms with Crippen molar-refractivity contribution in [1.29, 1.82) is 0 Å². The van der Waals surface area contributed by atoms with Crippen molar-refractivity contribution in [2.45, 2.75) is 6.04 Å². The summed E-state index contributed by atoms with van der Waals surface area (Å²) in [4.78, 5) is 0. The van der Waals surface area contributed by atoms with Gasteiger partial charge in [-0.15, -0.1) is 0 Å². The van der Waals surface area contributed by atoms with E-state index in [-0.39, 0.29) is 0 Å². The van der Waals surface area contributed by atoms with Crippen molar-refractivity contribution < 1.29 is 8.81 Å². The maximum absolute atomic E-state index is 13.7. The number of hydrogen-bond donors (Lipinski definition) is 1. The minimum atomic E-state index is -0.579. The predicted octanol–water partition coefficient (Wildman–Crippen LogP) is 3.88. The maximum atomic E-state index is 13.7. The zero-order valence-electron chi connectivity index (χ0n) is 8.08. The predicted molar refractivity (Wildman–Crippen MR) is 63.8 cm³/mol. The third-order valence-electron chi connectivity index (χ3n) is 2.28. The van der Waals surface area contributed by atoms with Crippen molar-refractivity contribution in [3.05, 3.63) is 57.2 Å². The van der Waals surface area contributed by atoms with Gasteiger partial charge in [0.2, 0.25) is 0 Å². The summed E-state index contributed by atoms with van der Waals surface area (Å²) in [7, 11) is 0. The number of hydrogen-bond acceptors (Lipinski definition) is 2. The van der Waals surface area contributed by atoms with E-state index in [0.29, 0.717) is 20.6 Å². The van der Waals surface area contributed by atoms with E-state index in [2.05, 4.69) is 15.9 Å². The standard InChI is InChI=1S/C11H8BrClFNO/c12-8-4-10(14)7(3-9(8)13)11(15)6-1-2-16-5-6/h1-5,11H,15H2. The van der Waals surface area contributed by atoms with Gasteiger partial charge in [0.1, 0.15) is 5.82 Å². The number of furan rings is 1. The molecule has 0 fully saturated rings. The van der Waals surface area contributed by atoms with Crippen LogP contribution in [0, 0.1) is 5.82 Å². The minimum Gasteiger partial charge on any atom is -0.472 e. The van der Waals surface area contributed by atoms with Crippen LogP contribution in [0.15, 0.2) is 39.6 Å². The molecule has 84 valence electrons. The summed E-state index contributed by atoms with van der Waals surface area (Å²) in [6.45, 7) is 0. The molecule has 0 aliphatic carbocycles. The first-order valence-electron chi connectivity index (χ1n) is 4.51. The van der Waals surface area contributed by atoms with Crippen LogP contribution in [0.4, 0.5) is 4.39 Å². The van der Waals surface area contributed by atoms with E-state index >= 15 is 0 Å². The van der Waals surface area contributed by atoms with Crippen molar-refractivity contribution in [2.24, 2.45) is 5.73 Å². The van der Waals surface area contributed by atoms with Crippen molar-refractivity contribution in [1.82, 2.24) is 0 Å². The molecule has 0 saturated carbocycles. The zero-order valence-corrected chi connectivity index (χ0v) is 10.4. The second-order valence-corrected chi connectivity index (χ2v) is 4.58. The summed E-state index contributed by atoms with van der Waals surface area (Å²) in [5.41, 5.74) is 6.95. The van der Waals surface area contributed by atoms with Crippen molar-refractivity contribution in [3.8, 4) is 0 Å². The molecular formula is C11H8BrClFNO. The Labute approximate surface area is 105 Å². The van der Waals surface area contributed by atoms with Gasteiger partial charge in [-0.1, -0.05) is 11.6 Å². The average molecular weight is 305 g/mol. The lowest BCUT2D eigenvalue weighted by molar-refractivity contribution is 0.559. The van der Waals surface area contributed by atoms with E-state index in [9.17, 15) is 4.39 Å².